The van der Waals surface area contributed by atoms with Crippen molar-refractivity contribution in [1.29, 1.82) is 0 Å². The quantitative estimate of drug-likeness (QED) is 0.787. The third-order valence-corrected chi connectivity index (χ3v) is 2.77. The summed E-state index contributed by atoms with van der Waals surface area (Å²) in [5.41, 5.74) is -0.532. The lowest BCUT2D eigenvalue weighted by Gasteiger charge is -2.28. The molecule has 1 unspecified atom stereocenters. The Kier molecular flexibility index (Phi) is 5.52. The van der Waals surface area contributed by atoms with Gasteiger partial charge < -0.3 is 19.9 Å². The van der Waals surface area contributed by atoms with Crippen LogP contribution in [0.5, 0.6) is 5.75 Å². The standard InChI is InChI=1S/C14H19NO5/c1-14(9-19-2,8-12(16)17)15-13(18)10-4-6-11(20-3)7-5-10/h4-7H,8-9H2,1-3H3,(H,15,18)(H,16,17). The Hall–Kier alpha value is -2.08. The maximum absolute atomic E-state index is 12.1. The van der Waals surface area contributed by atoms with Crippen LogP contribution in [0, 0.1) is 0 Å². The van der Waals surface area contributed by atoms with Gasteiger partial charge in [0.25, 0.3) is 5.91 Å². The van der Waals surface area contributed by atoms with Crippen molar-refractivity contribution in [1.82, 2.24) is 5.32 Å². The van der Waals surface area contributed by atoms with Gasteiger partial charge in [0.05, 0.1) is 25.7 Å². The Morgan fingerprint density at radius 2 is 1.85 bits per heavy atom. The van der Waals surface area contributed by atoms with E-state index >= 15 is 0 Å². The van der Waals surface area contributed by atoms with E-state index in [1.165, 1.54) is 14.2 Å². The Balaban J connectivity index is 2.81. The number of carbonyl (C=O) groups excluding carboxylic acids is 1. The first-order valence-corrected chi connectivity index (χ1v) is 6.07. The summed E-state index contributed by atoms with van der Waals surface area (Å²) in [5.74, 6) is -0.709. The van der Waals surface area contributed by atoms with E-state index in [9.17, 15) is 9.59 Å². The number of carboxylic acid groups (broad SMARTS) is 1. The van der Waals surface area contributed by atoms with Crippen LogP contribution in [-0.4, -0.2) is 43.3 Å². The van der Waals surface area contributed by atoms with Crippen molar-refractivity contribution >= 4 is 11.9 Å². The molecule has 1 atom stereocenters. The van der Waals surface area contributed by atoms with Gasteiger partial charge in [0.15, 0.2) is 0 Å². The fraction of sp³-hybridized carbons (Fsp3) is 0.429. The van der Waals surface area contributed by atoms with Crippen molar-refractivity contribution in [2.75, 3.05) is 20.8 Å². The van der Waals surface area contributed by atoms with Crippen LogP contribution in [-0.2, 0) is 9.53 Å². The summed E-state index contributed by atoms with van der Waals surface area (Å²) in [5, 5.41) is 11.6. The first-order valence-electron chi connectivity index (χ1n) is 6.07. The number of benzene rings is 1. The molecular weight excluding hydrogens is 262 g/mol. The van der Waals surface area contributed by atoms with E-state index in [0.29, 0.717) is 11.3 Å². The number of aliphatic carboxylic acids is 1. The summed E-state index contributed by atoms with van der Waals surface area (Å²) in [7, 11) is 3.00. The van der Waals surface area contributed by atoms with Crippen molar-refractivity contribution in [3.05, 3.63) is 29.8 Å². The highest BCUT2D eigenvalue weighted by atomic mass is 16.5. The molecule has 0 saturated carbocycles. The average molecular weight is 281 g/mol. The van der Waals surface area contributed by atoms with Crippen molar-refractivity contribution < 1.29 is 24.2 Å². The number of nitrogens with one attached hydrogen (secondary N) is 1. The number of hydrogen-bond acceptors (Lipinski definition) is 4. The second-order valence-corrected chi connectivity index (χ2v) is 4.75. The molecule has 0 saturated heterocycles. The zero-order valence-electron chi connectivity index (χ0n) is 11.8. The van der Waals surface area contributed by atoms with Crippen molar-refractivity contribution in [2.24, 2.45) is 0 Å². The predicted octanol–water partition coefficient (Wildman–Crippen LogP) is 1.30. The Labute approximate surface area is 117 Å². The molecule has 2 N–H and O–H groups in total. The first kappa shape index (κ1) is 16.0. The van der Waals surface area contributed by atoms with E-state index in [1.807, 2.05) is 0 Å². The lowest BCUT2D eigenvalue weighted by atomic mass is 9.98. The van der Waals surface area contributed by atoms with E-state index in [0.717, 1.165) is 0 Å². The molecule has 0 aliphatic carbocycles. The second kappa shape index (κ2) is 6.91. The van der Waals surface area contributed by atoms with Gasteiger partial charge in [-0.25, -0.2) is 0 Å². The van der Waals surface area contributed by atoms with E-state index in [4.69, 9.17) is 14.6 Å². The zero-order chi connectivity index (χ0) is 15.2. The van der Waals surface area contributed by atoms with Crippen LogP contribution >= 0.6 is 0 Å². The largest absolute Gasteiger partial charge is 0.497 e. The molecule has 1 amide bonds. The number of hydrogen-bond donors (Lipinski definition) is 2. The van der Waals surface area contributed by atoms with E-state index in [2.05, 4.69) is 5.32 Å². The average Bonchev–Trinajstić information content (AvgIpc) is 2.37. The molecule has 0 spiro atoms. The Morgan fingerprint density at radius 3 is 2.30 bits per heavy atom. The lowest BCUT2D eigenvalue weighted by molar-refractivity contribution is -0.139. The Morgan fingerprint density at radius 1 is 1.25 bits per heavy atom. The monoisotopic (exact) mass is 281 g/mol. The maximum Gasteiger partial charge on any atom is 0.305 e. The second-order valence-electron chi connectivity index (χ2n) is 4.75. The van der Waals surface area contributed by atoms with Gasteiger partial charge in [0, 0.05) is 12.7 Å². The van der Waals surface area contributed by atoms with Crippen molar-refractivity contribution in [3.63, 3.8) is 0 Å². The van der Waals surface area contributed by atoms with Gasteiger partial charge in [-0.2, -0.15) is 0 Å². The topological polar surface area (TPSA) is 84.9 Å². The summed E-state index contributed by atoms with van der Waals surface area (Å²) in [6.07, 6.45) is -0.220. The minimum atomic E-state index is -1.00. The molecule has 0 aromatic heterocycles. The zero-order valence-corrected chi connectivity index (χ0v) is 11.8. The molecule has 20 heavy (non-hydrogen) atoms. The van der Waals surface area contributed by atoms with Crippen molar-refractivity contribution in [3.8, 4) is 5.75 Å². The molecule has 0 aliphatic rings. The van der Waals surface area contributed by atoms with Crippen LogP contribution < -0.4 is 10.1 Å². The van der Waals surface area contributed by atoms with Crippen LogP contribution in [0.25, 0.3) is 0 Å². The van der Waals surface area contributed by atoms with Gasteiger partial charge in [-0.1, -0.05) is 0 Å². The van der Waals surface area contributed by atoms with Gasteiger partial charge in [-0.3, -0.25) is 9.59 Å². The molecule has 0 bridgehead atoms. The van der Waals surface area contributed by atoms with Crippen molar-refractivity contribution in [2.45, 2.75) is 18.9 Å². The van der Waals surface area contributed by atoms with Crippen LogP contribution in [0.4, 0.5) is 0 Å². The number of amides is 1. The number of methoxy groups -OCH3 is 2. The molecule has 110 valence electrons. The molecule has 1 aromatic rings. The highest BCUT2D eigenvalue weighted by molar-refractivity contribution is 5.95. The van der Waals surface area contributed by atoms with E-state index < -0.39 is 11.5 Å². The van der Waals surface area contributed by atoms with Crippen LogP contribution in [0.15, 0.2) is 24.3 Å². The smallest absolute Gasteiger partial charge is 0.305 e. The van der Waals surface area contributed by atoms with Gasteiger partial charge in [0.2, 0.25) is 0 Å². The summed E-state index contributed by atoms with van der Waals surface area (Å²) in [6, 6.07) is 6.56. The normalized spacial score (nSPS) is 13.3. The van der Waals surface area contributed by atoms with Crippen LogP contribution in [0.2, 0.25) is 0 Å². The van der Waals surface area contributed by atoms with Gasteiger partial charge in [0.1, 0.15) is 5.75 Å². The van der Waals surface area contributed by atoms with Crippen LogP contribution in [0.3, 0.4) is 0 Å². The molecule has 0 radical (unpaired) electrons. The molecule has 6 heteroatoms. The highest BCUT2D eigenvalue weighted by Gasteiger charge is 2.29. The van der Waals surface area contributed by atoms with Gasteiger partial charge >= 0.3 is 5.97 Å². The number of ether oxygens (including phenoxy) is 2. The Bertz CT molecular complexity index is 471. The first-order chi connectivity index (χ1) is 9.40. The summed E-state index contributed by atoms with van der Waals surface area (Å²) >= 11 is 0. The SMILES string of the molecule is COCC(C)(CC(=O)O)NC(=O)c1ccc(OC)cc1. The molecule has 6 nitrogen and oxygen atoms in total. The maximum atomic E-state index is 12.1. The highest BCUT2D eigenvalue weighted by Crippen LogP contribution is 2.15. The predicted molar refractivity (Wildman–Crippen MR) is 73.0 cm³/mol. The van der Waals surface area contributed by atoms with Crippen LogP contribution in [0.1, 0.15) is 23.7 Å². The van der Waals surface area contributed by atoms with E-state index in [1.54, 1.807) is 31.2 Å². The molecule has 0 fully saturated rings. The lowest BCUT2D eigenvalue weighted by Crippen LogP contribution is -2.50. The van der Waals surface area contributed by atoms with Gasteiger partial charge in [-0.05, 0) is 31.2 Å². The number of carbonyl (C=O) groups is 2. The number of carboxylic acids is 1. The minimum Gasteiger partial charge on any atom is -0.497 e. The molecule has 1 rings (SSSR count). The number of rotatable bonds is 7. The summed E-state index contributed by atoms with van der Waals surface area (Å²) < 4.78 is 9.99. The summed E-state index contributed by atoms with van der Waals surface area (Å²) in [6.45, 7) is 1.74. The molecule has 0 heterocycles. The molecule has 1 aromatic carbocycles. The fourth-order valence-corrected chi connectivity index (χ4v) is 1.87. The third-order valence-electron chi connectivity index (χ3n) is 2.77. The molecule has 0 aliphatic heterocycles. The minimum absolute atomic E-state index is 0.112. The van der Waals surface area contributed by atoms with E-state index in [-0.39, 0.29) is 18.9 Å². The fourth-order valence-electron chi connectivity index (χ4n) is 1.87. The summed E-state index contributed by atoms with van der Waals surface area (Å²) in [4.78, 5) is 23.0. The molecular formula is C14H19NO5. The third kappa shape index (κ3) is 4.55. The van der Waals surface area contributed by atoms with Gasteiger partial charge in [-0.15, -0.1) is 0 Å².